The van der Waals surface area contributed by atoms with Crippen LogP contribution in [0.2, 0.25) is 0 Å². The second kappa shape index (κ2) is 7.60. The Kier molecular flexibility index (Phi) is 8.17. The maximum Gasteiger partial charge on any atom is 0.0474 e. The van der Waals surface area contributed by atoms with Gasteiger partial charge in [0.15, 0.2) is 0 Å². The summed E-state index contributed by atoms with van der Waals surface area (Å²) in [6.07, 6.45) is 1.06. The van der Waals surface area contributed by atoms with Crippen LogP contribution in [0.5, 0.6) is 0 Å². The Morgan fingerprint density at radius 1 is 1.62 bits per heavy atom. The molecule has 0 rings (SSSR count). The van der Waals surface area contributed by atoms with Gasteiger partial charge in [0.1, 0.15) is 0 Å². The van der Waals surface area contributed by atoms with E-state index in [0.29, 0.717) is 0 Å². The lowest BCUT2D eigenvalue weighted by Crippen LogP contribution is -1.93. The van der Waals surface area contributed by atoms with Crippen molar-refractivity contribution in [3.8, 4) is 0 Å². The Morgan fingerprint density at radius 3 is 2.88 bits per heavy atom. The van der Waals surface area contributed by atoms with Crippen molar-refractivity contribution in [3.05, 3.63) is 0 Å². The average Bonchev–Trinajstić information content (AvgIpc) is 1.81. The van der Waals surface area contributed by atoms with Crippen LogP contribution in [0.4, 0.5) is 0 Å². The van der Waals surface area contributed by atoms with Crippen LogP contribution in [0, 0.1) is 0 Å². The van der Waals surface area contributed by atoms with Crippen LogP contribution in [-0.2, 0) is 4.74 Å². The number of halogens is 1. The molecule has 8 heavy (non-hydrogen) atoms. The molecule has 0 saturated heterocycles. The van der Waals surface area contributed by atoms with Crippen molar-refractivity contribution in [2.24, 2.45) is 0 Å². The first-order chi connectivity index (χ1) is 3.91. The molecule has 0 aliphatic heterocycles. The van der Waals surface area contributed by atoms with Gasteiger partial charge in [0.25, 0.3) is 0 Å². The molecule has 0 heterocycles. The van der Waals surface area contributed by atoms with Crippen LogP contribution in [-0.4, -0.2) is 19.0 Å². The van der Waals surface area contributed by atoms with E-state index in [0.717, 1.165) is 25.4 Å². The van der Waals surface area contributed by atoms with Gasteiger partial charge in [-0.2, -0.15) is 0 Å². The van der Waals surface area contributed by atoms with Crippen molar-refractivity contribution in [1.82, 2.24) is 0 Å². The molecule has 0 spiro atoms. The van der Waals surface area contributed by atoms with E-state index < -0.39 is 0 Å². The summed E-state index contributed by atoms with van der Waals surface area (Å²) in [5, 5.41) is 0. The monoisotopic (exact) mass is 154 g/mol. The Morgan fingerprint density at radius 2 is 2.38 bits per heavy atom. The predicted molar refractivity (Wildman–Crippen MR) is 39.4 cm³/mol. The number of hydrogen-bond donors (Lipinski definition) is 0. The Balaban J connectivity index is 2.53. The molecule has 0 fully saturated rings. The van der Waals surface area contributed by atoms with Gasteiger partial charge in [0, 0.05) is 19.0 Å². The topological polar surface area (TPSA) is 9.23 Å². The summed E-state index contributed by atoms with van der Waals surface area (Å²) in [4.78, 5) is 0. The SMILES string of the molecule is CCOCCCSCl. The zero-order valence-corrected chi connectivity index (χ0v) is 6.60. The maximum absolute atomic E-state index is 5.34. The third-order valence-corrected chi connectivity index (χ3v) is 1.62. The van der Waals surface area contributed by atoms with Crippen LogP contribution in [0.3, 0.4) is 0 Å². The van der Waals surface area contributed by atoms with Gasteiger partial charge in [-0.25, -0.2) is 0 Å². The second-order valence-corrected chi connectivity index (χ2v) is 2.64. The molecule has 0 aliphatic carbocycles. The molecule has 0 aromatic heterocycles. The minimum absolute atomic E-state index is 0.812. The fourth-order valence-corrected chi connectivity index (χ4v) is 0.914. The summed E-state index contributed by atoms with van der Waals surface area (Å²) >= 11 is 0. The van der Waals surface area contributed by atoms with Gasteiger partial charge in [-0.05, 0) is 24.0 Å². The van der Waals surface area contributed by atoms with Crippen LogP contribution < -0.4 is 0 Å². The largest absolute Gasteiger partial charge is 0.382 e. The van der Waals surface area contributed by atoms with E-state index in [-0.39, 0.29) is 0 Å². The van der Waals surface area contributed by atoms with Gasteiger partial charge in [-0.15, -0.1) is 0 Å². The molecule has 0 aromatic carbocycles. The van der Waals surface area contributed by atoms with E-state index in [1.54, 1.807) is 0 Å². The summed E-state index contributed by atoms with van der Waals surface area (Å²) in [7, 11) is 6.69. The van der Waals surface area contributed by atoms with Crippen LogP contribution in [0.25, 0.3) is 0 Å². The highest BCUT2D eigenvalue weighted by atomic mass is 35.7. The van der Waals surface area contributed by atoms with Crippen molar-refractivity contribution in [1.29, 1.82) is 0 Å². The van der Waals surface area contributed by atoms with Gasteiger partial charge in [0.2, 0.25) is 0 Å². The maximum atomic E-state index is 5.34. The predicted octanol–water partition coefficient (Wildman–Crippen LogP) is 2.30. The van der Waals surface area contributed by atoms with Gasteiger partial charge in [-0.1, -0.05) is 11.0 Å². The third kappa shape index (κ3) is 6.60. The molecule has 0 N–H and O–H groups in total. The molecule has 0 radical (unpaired) electrons. The van der Waals surface area contributed by atoms with Crippen molar-refractivity contribution in [2.45, 2.75) is 13.3 Å². The summed E-state index contributed by atoms with van der Waals surface area (Å²) in [6, 6.07) is 0. The van der Waals surface area contributed by atoms with E-state index in [4.69, 9.17) is 15.4 Å². The lowest BCUT2D eigenvalue weighted by Gasteiger charge is -1.95. The number of ether oxygens (including phenoxy) is 1. The van der Waals surface area contributed by atoms with Crippen molar-refractivity contribution >= 4 is 21.7 Å². The molecule has 0 unspecified atom stereocenters. The summed E-state index contributed by atoms with van der Waals surface area (Å²) in [5.74, 6) is 0.988. The minimum Gasteiger partial charge on any atom is -0.382 e. The summed E-state index contributed by atoms with van der Waals surface area (Å²) in [6.45, 7) is 3.65. The normalized spacial score (nSPS) is 9.75. The highest BCUT2D eigenvalue weighted by Gasteiger charge is 1.84. The quantitative estimate of drug-likeness (QED) is 0.562. The Hall–Kier alpha value is 0.600. The van der Waals surface area contributed by atoms with Crippen LogP contribution in [0.15, 0.2) is 0 Å². The van der Waals surface area contributed by atoms with Crippen molar-refractivity contribution < 1.29 is 4.74 Å². The Bertz CT molecular complexity index is 37.4. The lowest BCUT2D eigenvalue weighted by molar-refractivity contribution is 0.149. The standard InChI is InChI=1S/C5H11ClOS/c1-2-7-4-3-5-8-6/h2-5H2,1H3. The molecule has 0 bridgehead atoms. The smallest absolute Gasteiger partial charge is 0.0474 e. The molecule has 0 aromatic rings. The fraction of sp³-hybridized carbons (Fsp3) is 1.00. The zero-order valence-electron chi connectivity index (χ0n) is 5.02. The fourth-order valence-electron chi connectivity index (χ4n) is 0.360. The third-order valence-electron chi connectivity index (χ3n) is 0.714. The highest BCUT2D eigenvalue weighted by molar-refractivity contribution is 8.21. The Labute approximate surface area is 59.2 Å². The molecular formula is C5H11ClOS. The molecule has 50 valence electrons. The molecule has 0 amide bonds. The van der Waals surface area contributed by atoms with Crippen molar-refractivity contribution in [2.75, 3.05) is 19.0 Å². The van der Waals surface area contributed by atoms with Gasteiger partial charge < -0.3 is 4.74 Å². The first kappa shape index (κ1) is 8.60. The molecule has 0 saturated carbocycles. The number of rotatable bonds is 5. The minimum atomic E-state index is 0.812. The van der Waals surface area contributed by atoms with Gasteiger partial charge in [-0.3, -0.25) is 0 Å². The second-order valence-electron chi connectivity index (χ2n) is 1.36. The molecular weight excluding hydrogens is 144 g/mol. The van der Waals surface area contributed by atoms with Crippen molar-refractivity contribution in [3.63, 3.8) is 0 Å². The molecule has 0 aliphatic rings. The van der Waals surface area contributed by atoms with Gasteiger partial charge >= 0.3 is 0 Å². The van der Waals surface area contributed by atoms with E-state index in [2.05, 4.69) is 0 Å². The first-order valence-electron chi connectivity index (χ1n) is 2.73. The zero-order chi connectivity index (χ0) is 6.24. The van der Waals surface area contributed by atoms with Gasteiger partial charge in [0.05, 0.1) is 0 Å². The van der Waals surface area contributed by atoms with E-state index in [1.807, 2.05) is 6.92 Å². The first-order valence-corrected chi connectivity index (χ1v) is 4.54. The van der Waals surface area contributed by atoms with Crippen LogP contribution >= 0.6 is 21.7 Å². The van der Waals surface area contributed by atoms with E-state index in [9.17, 15) is 0 Å². The number of hydrogen-bond acceptors (Lipinski definition) is 2. The summed E-state index contributed by atoms with van der Waals surface area (Å²) < 4.78 is 5.06. The highest BCUT2D eigenvalue weighted by Crippen LogP contribution is 2.06. The lowest BCUT2D eigenvalue weighted by atomic mass is 10.5. The summed E-state index contributed by atoms with van der Waals surface area (Å²) in [5.41, 5.74) is 0. The van der Waals surface area contributed by atoms with E-state index >= 15 is 0 Å². The molecule has 0 atom stereocenters. The average molecular weight is 155 g/mol. The molecule has 1 nitrogen and oxygen atoms in total. The van der Waals surface area contributed by atoms with E-state index in [1.165, 1.54) is 11.0 Å². The van der Waals surface area contributed by atoms with Crippen LogP contribution in [0.1, 0.15) is 13.3 Å². The molecule has 3 heteroatoms.